The van der Waals surface area contributed by atoms with Gasteiger partial charge in [-0.1, -0.05) is 69.3 Å². The van der Waals surface area contributed by atoms with Gasteiger partial charge in [0.1, 0.15) is 0 Å². The Hall–Kier alpha value is 0.440. The van der Waals surface area contributed by atoms with Crippen molar-refractivity contribution < 1.29 is 5.11 Å². The van der Waals surface area contributed by atoms with Gasteiger partial charge in [-0.3, -0.25) is 0 Å². The van der Waals surface area contributed by atoms with Gasteiger partial charge in [0.2, 0.25) is 0 Å². The standard InChI is InChI=1S/C16H33BrO/c1-8-9-10-11-13(2)12-16(7,17)14(3,4)15(5,6)18/h13,18H,8-12H2,1-7H3. The Labute approximate surface area is 123 Å². The summed E-state index contributed by atoms with van der Waals surface area (Å²) in [5.41, 5.74) is -0.854. The second-order valence-corrected chi connectivity index (χ2v) is 8.94. The molecule has 0 saturated carbocycles. The summed E-state index contributed by atoms with van der Waals surface area (Å²) >= 11 is 3.89. The zero-order valence-electron chi connectivity index (χ0n) is 13.4. The highest BCUT2D eigenvalue weighted by Gasteiger charge is 2.48. The molecule has 0 aliphatic carbocycles. The van der Waals surface area contributed by atoms with Gasteiger partial charge in [-0.05, 0) is 33.1 Å². The Bertz CT molecular complexity index is 238. The Morgan fingerprint density at radius 2 is 1.56 bits per heavy atom. The largest absolute Gasteiger partial charge is 0.390 e. The van der Waals surface area contributed by atoms with Crippen molar-refractivity contribution in [2.24, 2.45) is 11.3 Å². The summed E-state index contributed by atoms with van der Waals surface area (Å²) in [4.78, 5) is 0. The lowest BCUT2D eigenvalue weighted by atomic mass is 9.66. The third kappa shape index (κ3) is 4.85. The van der Waals surface area contributed by atoms with E-state index < -0.39 is 5.60 Å². The van der Waals surface area contributed by atoms with E-state index in [1.165, 1.54) is 25.7 Å². The van der Waals surface area contributed by atoms with Crippen LogP contribution in [0.3, 0.4) is 0 Å². The van der Waals surface area contributed by atoms with Crippen LogP contribution in [0.4, 0.5) is 0 Å². The van der Waals surface area contributed by atoms with E-state index >= 15 is 0 Å². The molecule has 0 aliphatic heterocycles. The van der Waals surface area contributed by atoms with Crippen molar-refractivity contribution in [2.45, 2.75) is 90.5 Å². The molecule has 0 spiro atoms. The van der Waals surface area contributed by atoms with Crippen LogP contribution in [0.25, 0.3) is 0 Å². The summed E-state index contributed by atoms with van der Waals surface area (Å²) < 4.78 is -0.0378. The van der Waals surface area contributed by atoms with Crippen molar-refractivity contribution in [1.29, 1.82) is 0 Å². The number of halogens is 1. The first kappa shape index (κ1) is 18.4. The molecule has 0 fully saturated rings. The lowest BCUT2D eigenvalue weighted by molar-refractivity contribution is -0.0563. The highest BCUT2D eigenvalue weighted by Crippen LogP contribution is 2.49. The molecule has 0 radical (unpaired) electrons. The molecule has 0 saturated heterocycles. The number of alkyl halides is 1. The molecule has 0 aromatic carbocycles. The van der Waals surface area contributed by atoms with E-state index in [2.05, 4.69) is 50.5 Å². The maximum atomic E-state index is 10.4. The quantitative estimate of drug-likeness (QED) is 0.459. The molecular formula is C16H33BrO. The molecule has 0 rings (SSSR count). The minimum atomic E-state index is -0.686. The first-order valence-electron chi connectivity index (χ1n) is 7.37. The molecule has 18 heavy (non-hydrogen) atoms. The summed E-state index contributed by atoms with van der Waals surface area (Å²) in [6, 6.07) is 0. The third-order valence-electron chi connectivity index (χ3n) is 4.86. The fourth-order valence-corrected chi connectivity index (χ4v) is 3.43. The van der Waals surface area contributed by atoms with Crippen LogP contribution in [-0.2, 0) is 0 Å². The second kappa shape index (κ2) is 6.74. The van der Waals surface area contributed by atoms with Gasteiger partial charge in [-0.25, -0.2) is 0 Å². The molecule has 1 nitrogen and oxygen atoms in total. The lowest BCUT2D eigenvalue weighted by Gasteiger charge is -2.49. The van der Waals surface area contributed by atoms with Gasteiger partial charge in [-0.15, -0.1) is 0 Å². The van der Waals surface area contributed by atoms with Crippen LogP contribution in [0.2, 0.25) is 0 Å². The number of unbranched alkanes of at least 4 members (excludes halogenated alkanes) is 2. The Morgan fingerprint density at radius 3 is 1.94 bits per heavy atom. The van der Waals surface area contributed by atoms with E-state index in [1.54, 1.807) is 0 Å². The fraction of sp³-hybridized carbons (Fsp3) is 1.00. The van der Waals surface area contributed by atoms with Gasteiger partial charge in [0, 0.05) is 9.74 Å². The normalized spacial score (nSPS) is 18.5. The predicted octanol–water partition coefficient (Wildman–Crippen LogP) is 5.54. The minimum absolute atomic E-state index is 0.0378. The summed E-state index contributed by atoms with van der Waals surface area (Å²) in [6.07, 6.45) is 6.33. The van der Waals surface area contributed by atoms with Gasteiger partial charge in [0.15, 0.2) is 0 Å². The summed E-state index contributed by atoms with van der Waals surface area (Å²) in [7, 11) is 0. The monoisotopic (exact) mass is 320 g/mol. The average Bonchev–Trinajstić information content (AvgIpc) is 2.15. The van der Waals surface area contributed by atoms with Gasteiger partial charge >= 0.3 is 0 Å². The molecule has 0 aromatic rings. The van der Waals surface area contributed by atoms with Crippen LogP contribution in [0.5, 0.6) is 0 Å². The summed E-state index contributed by atoms with van der Waals surface area (Å²) in [5, 5.41) is 10.4. The summed E-state index contributed by atoms with van der Waals surface area (Å²) in [5.74, 6) is 0.697. The highest BCUT2D eigenvalue weighted by molar-refractivity contribution is 9.10. The Kier molecular flexibility index (Phi) is 6.91. The van der Waals surface area contributed by atoms with Gasteiger partial charge in [0.25, 0.3) is 0 Å². The van der Waals surface area contributed by atoms with Crippen molar-refractivity contribution in [2.75, 3.05) is 0 Å². The van der Waals surface area contributed by atoms with Crippen molar-refractivity contribution in [1.82, 2.24) is 0 Å². The van der Waals surface area contributed by atoms with Crippen LogP contribution < -0.4 is 0 Å². The zero-order valence-corrected chi connectivity index (χ0v) is 15.0. The van der Waals surface area contributed by atoms with Crippen molar-refractivity contribution in [3.05, 3.63) is 0 Å². The van der Waals surface area contributed by atoms with Crippen molar-refractivity contribution in [3.63, 3.8) is 0 Å². The van der Waals surface area contributed by atoms with Gasteiger partial charge in [-0.2, -0.15) is 0 Å². The Morgan fingerprint density at radius 1 is 1.06 bits per heavy atom. The van der Waals surface area contributed by atoms with E-state index in [0.717, 1.165) is 6.42 Å². The molecule has 110 valence electrons. The van der Waals surface area contributed by atoms with E-state index in [0.29, 0.717) is 5.92 Å². The number of hydrogen-bond acceptors (Lipinski definition) is 1. The van der Waals surface area contributed by atoms with E-state index in [4.69, 9.17) is 0 Å². The first-order valence-corrected chi connectivity index (χ1v) is 8.16. The van der Waals surface area contributed by atoms with E-state index in [9.17, 15) is 5.11 Å². The SMILES string of the molecule is CCCCCC(C)CC(C)(Br)C(C)(C)C(C)(C)O. The summed E-state index contributed by atoms with van der Waals surface area (Å²) in [6.45, 7) is 14.9. The lowest BCUT2D eigenvalue weighted by Crippen LogP contribution is -2.52. The van der Waals surface area contributed by atoms with Crippen LogP contribution in [0.15, 0.2) is 0 Å². The molecule has 2 atom stereocenters. The van der Waals surface area contributed by atoms with Crippen molar-refractivity contribution in [3.8, 4) is 0 Å². The second-order valence-electron chi connectivity index (χ2n) is 7.19. The number of aliphatic hydroxyl groups is 1. The molecule has 0 heterocycles. The average molecular weight is 321 g/mol. The maximum absolute atomic E-state index is 10.4. The van der Waals surface area contributed by atoms with Crippen LogP contribution in [0.1, 0.15) is 80.6 Å². The molecule has 0 aliphatic rings. The number of hydrogen-bond donors (Lipinski definition) is 1. The van der Waals surface area contributed by atoms with Crippen LogP contribution in [-0.4, -0.2) is 15.0 Å². The molecule has 2 heteroatoms. The molecule has 2 unspecified atom stereocenters. The smallest absolute Gasteiger partial charge is 0.0655 e. The Balaban J connectivity index is 4.55. The van der Waals surface area contributed by atoms with Crippen molar-refractivity contribution >= 4 is 15.9 Å². The van der Waals surface area contributed by atoms with Gasteiger partial charge < -0.3 is 5.11 Å². The number of rotatable bonds is 8. The van der Waals surface area contributed by atoms with Crippen LogP contribution in [0, 0.1) is 11.3 Å². The molecular weight excluding hydrogens is 288 g/mol. The fourth-order valence-electron chi connectivity index (χ4n) is 2.39. The minimum Gasteiger partial charge on any atom is -0.390 e. The van der Waals surface area contributed by atoms with E-state index in [1.807, 2.05) is 13.8 Å². The predicted molar refractivity (Wildman–Crippen MR) is 85.3 cm³/mol. The van der Waals surface area contributed by atoms with Gasteiger partial charge in [0.05, 0.1) is 5.60 Å². The first-order chi connectivity index (χ1) is 7.95. The third-order valence-corrected chi connectivity index (χ3v) is 6.18. The molecule has 1 N–H and O–H groups in total. The molecule has 0 bridgehead atoms. The zero-order chi connectivity index (χ0) is 14.6. The molecule has 0 aromatic heterocycles. The highest BCUT2D eigenvalue weighted by atomic mass is 79.9. The topological polar surface area (TPSA) is 20.2 Å². The maximum Gasteiger partial charge on any atom is 0.0655 e. The van der Waals surface area contributed by atoms with E-state index in [-0.39, 0.29) is 9.74 Å². The molecule has 0 amide bonds. The van der Waals surface area contributed by atoms with Crippen LogP contribution >= 0.6 is 15.9 Å².